The molecule has 0 amide bonds. The molecular formula is C12H17O2. The first-order valence-electron chi connectivity index (χ1n) is 5.07. The van der Waals surface area contributed by atoms with Crippen molar-refractivity contribution in [2.45, 2.75) is 32.3 Å². The van der Waals surface area contributed by atoms with Gasteiger partial charge in [-0.05, 0) is 24.1 Å². The van der Waals surface area contributed by atoms with Gasteiger partial charge in [-0.2, -0.15) is 0 Å². The molecule has 14 heavy (non-hydrogen) atoms. The van der Waals surface area contributed by atoms with Crippen LogP contribution in [0.1, 0.15) is 37.9 Å². The molecular weight excluding hydrogens is 176 g/mol. The maximum Gasteiger partial charge on any atom is 0.118 e. The summed E-state index contributed by atoms with van der Waals surface area (Å²) in [6.45, 7) is 2.10. The fourth-order valence-corrected chi connectivity index (χ4v) is 1.37. The zero-order valence-corrected chi connectivity index (χ0v) is 8.82. The average molecular weight is 193 g/mol. The van der Waals surface area contributed by atoms with Gasteiger partial charge in [-0.15, -0.1) is 0 Å². The molecule has 2 heteroatoms. The van der Waals surface area contributed by atoms with E-state index in [1.165, 1.54) is 0 Å². The van der Waals surface area contributed by atoms with E-state index in [0.29, 0.717) is 0 Å². The van der Waals surface area contributed by atoms with Gasteiger partial charge in [0.15, 0.2) is 0 Å². The average Bonchev–Trinajstić information content (AvgIpc) is 2.26. The molecule has 0 N–H and O–H groups in total. The highest BCUT2D eigenvalue weighted by molar-refractivity contribution is 5.28. The molecule has 0 saturated carbocycles. The monoisotopic (exact) mass is 193 g/mol. The Morgan fingerprint density at radius 2 is 1.93 bits per heavy atom. The molecule has 1 radical (unpaired) electrons. The lowest BCUT2D eigenvalue weighted by molar-refractivity contribution is 0.0790. The molecule has 0 heterocycles. The maximum absolute atomic E-state index is 11.6. The van der Waals surface area contributed by atoms with Crippen LogP contribution >= 0.6 is 0 Å². The number of unbranched alkanes of at least 4 members (excludes halogenated alkanes) is 1. The van der Waals surface area contributed by atoms with E-state index < -0.39 is 6.10 Å². The lowest BCUT2D eigenvalue weighted by atomic mass is 10.0. The molecule has 1 aromatic rings. The SMILES string of the molecule is CCCCC([O])c1ccc(OC)cc1. The minimum atomic E-state index is -0.583. The number of methoxy groups -OCH3 is 1. The van der Waals surface area contributed by atoms with Crippen molar-refractivity contribution in [3.63, 3.8) is 0 Å². The van der Waals surface area contributed by atoms with Gasteiger partial charge in [0.25, 0.3) is 0 Å². The normalized spacial score (nSPS) is 12.5. The van der Waals surface area contributed by atoms with Crippen molar-refractivity contribution in [3.8, 4) is 5.75 Å². The second-order valence-electron chi connectivity index (χ2n) is 3.40. The zero-order chi connectivity index (χ0) is 10.4. The van der Waals surface area contributed by atoms with Crippen LogP contribution in [0, 0.1) is 0 Å². The van der Waals surface area contributed by atoms with Crippen molar-refractivity contribution >= 4 is 0 Å². The van der Waals surface area contributed by atoms with Gasteiger partial charge >= 0.3 is 0 Å². The fourth-order valence-electron chi connectivity index (χ4n) is 1.37. The molecule has 0 fully saturated rings. The Labute approximate surface area is 85.5 Å². The van der Waals surface area contributed by atoms with Gasteiger partial charge in [0, 0.05) is 0 Å². The summed E-state index contributed by atoms with van der Waals surface area (Å²) in [5.41, 5.74) is 0.860. The van der Waals surface area contributed by atoms with Crippen LogP contribution in [-0.4, -0.2) is 7.11 Å². The zero-order valence-electron chi connectivity index (χ0n) is 8.82. The molecule has 0 aromatic heterocycles. The van der Waals surface area contributed by atoms with Gasteiger partial charge in [0.2, 0.25) is 0 Å². The first-order chi connectivity index (χ1) is 6.77. The lowest BCUT2D eigenvalue weighted by Gasteiger charge is -2.08. The van der Waals surface area contributed by atoms with E-state index in [1.807, 2.05) is 24.3 Å². The standard InChI is InChI=1S/C12H17O2/c1-3-4-5-12(13)10-6-8-11(14-2)9-7-10/h6-9,12H,3-5H2,1-2H3. The van der Waals surface area contributed by atoms with Crippen molar-refractivity contribution < 1.29 is 9.84 Å². The topological polar surface area (TPSA) is 29.1 Å². The van der Waals surface area contributed by atoms with E-state index in [1.54, 1.807) is 7.11 Å². The first kappa shape index (κ1) is 11.1. The summed E-state index contributed by atoms with van der Waals surface area (Å²) < 4.78 is 5.03. The Morgan fingerprint density at radius 1 is 1.29 bits per heavy atom. The molecule has 1 rings (SSSR count). The van der Waals surface area contributed by atoms with Crippen molar-refractivity contribution in [2.24, 2.45) is 0 Å². The first-order valence-corrected chi connectivity index (χ1v) is 5.07. The highest BCUT2D eigenvalue weighted by Gasteiger charge is 2.08. The van der Waals surface area contributed by atoms with Crippen LogP contribution in [0.15, 0.2) is 24.3 Å². The number of hydrogen-bond donors (Lipinski definition) is 0. The molecule has 0 aliphatic carbocycles. The molecule has 1 aromatic carbocycles. The molecule has 0 aliphatic rings. The quantitative estimate of drug-likeness (QED) is 0.705. The molecule has 0 aliphatic heterocycles. The fraction of sp³-hybridized carbons (Fsp3) is 0.500. The summed E-state index contributed by atoms with van der Waals surface area (Å²) in [4.78, 5) is 0. The second-order valence-corrected chi connectivity index (χ2v) is 3.40. The third-order valence-electron chi connectivity index (χ3n) is 2.31. The van der Waals surface area contributed by atoms with Crippen molar-refractivity contribution in [1.29, 1.82) is 0 Å². The smallest absolute Gasteiger partial charge is 0.118 e. The molecule has 0 saturated heterocycles. The Bertz CT molecular complexity index is 254. The van der Waals surface area contributed by atoms with Gasteiger partial charge in [0.1, 0.15) is 11.9 Å². The second kappa shape index (κ2) is 5.66. The predicted octanol–water partition coefficient (Wildman–Crippen LogP) is 3.36. The highest BCUT2D eigenvalue weighted by Crippen LogP contribution is 2.22. The van der Waals surface area contributed by atoms with E-state index in [4.69, 9.17) is 4.74 Å². The summed E-state index contributed by atoms with van der Waals surface area (Å²) in [5.74, 6) is 0.802. The Kier molecular flexibility index (Phi) is 4.47. The molecule has 2 nitrogen and oxygen atoms in total. The van der Waals surface area contributed by atoms with Crippen LogP contribution in [0.3, 0.4) is 0 Å². The van der Waals surface area contributed by atoms with Gasteiger partial charge in [-0.25, -0.2) is 5.11 Å². The Morgan fingerprint density at radius 3 is 2.43 bits per heavy atom. The van der Waals surface area contributed by atoms with E-state index in [0.717, 1.165) is 30.6 Å². The minimum absolute atomic E-state index is 0.583. The molecule has 0 bridgehead atoms. The van der Waals surface area contributed by atoms with E-state index in [-0.39, 0.29) is 0 Å². The van der Waals surface area contributed by atoms with E-state index >= 15 is 0 Å². The Balaban J connectivity index is 2.57. The predicted molar refractivity (Wildman–Crippen MR) is 55.9 cm³/mol. The van der Waals surface area contributed by atoms with Gasteiger partial charge in [0.05, 0.1) is 7.11 Å². The third kappa shape index (κ3) is 3.04. The molecule has 0 spiro atoms. The van der Waals surface area contributed by atoms with Crippen LogP contribution < -0.4 is 4.74 Å². The van der Waals surface area contributed by atoms with Crippen LogP contribution in [0.5, 0.6) is 5.75 Å². The summed E-state index contributed by atoms with van der Waals surface area (Å²) in [6, 6.07) is 7.39. The minimum Gasteiger partial charge on any atom is -0.497 e. The summed E-state index contributed by atoms with van der Waals surface area (Å²) in [6.07, 6.45) is 2.22. The maximum atomic E-state index is 11.6. The number of rotatable bonds is 5. The van der Waals surface area contributed by atoms with Crippen LogP contribution in [0.25, 0.3) is 0 Å². The molecule has 1 unspecified atom stereocenters. The van der Waals surface area contributed by atoms with E-state index in [2.05, 4.69) is 6.92 Å². The van der Waals surface area contributed by atoms with Crippen LogP contribution in [-0.2, 0) is 5.11 Å². The third-order valence-corrected chi connectivity index (χ3v) is 2.31. The van der Waals surface area contributed by atoms with Gasteiger partial charge in [-0.1, -0.05) is 31.9 Å². The summed E-state index contributed by atoms with van der Waals surface area (Å²) >= 11 is 0. The molecule has 1 atom stereocenters. The summed E-state index contributed by atoms with van der Waals surface area (Å²) in [5, 5.41) is 11.6. The highest BCUT2D eigenvalue weighted by atomic mass is 16.5. The molecule has 77 valence electrons. The van der Waals surface area contributed by atoms with Crippen molar-refractivity contribution in [2.75, 3.05) is 7.11 Å². The van der Waals surface area contributed by atoms with Gasteiger partial charge in [-0.3, -0.25) is 0 Å². The summed E-state index contributed by atoms with van der Waals surface area (Å²) in [7, 11) is 1.63. The Hall–Kier alpha value is -1.02. The van der Waals surface area contributed by atoms with Crippen LogP contribution in [0.2, 0.25) is 0 Å². The van der Waals surface area contributed by atoms with Crippen molar-refractivity contribution in [3.05, 3.63) is 29.8 Å². The number of benzene rings is 1. The largest absolute Gasteiger partial charge is 0.497 e. The van der Waals surface area contributed by atoms with Crippen LogP contribution in [0.4, 0.5) is 0 Å². The number of hydrogen-bond acceptors (Lipinski definition) is 1. The van der Waals surface area contributed by atoms with E-state index in [9.17, 15) is 5.11 Å². The number of ether oxygens (including phenoxy) is 1. The van der Waals surface area contributed by atoms with Gasteiger partial charge < -0.3 is 4.74 Å². The lowest BCUT2D eigenvalue weighted by Crippen LogP contribution is -1.95. The van der Waals surface area contributed by atoms with Crippen molar-refractivity contribution in [1.82, 2.24) is 0 Å².